The molecule has 8 nitrogen and oxygen atoms in total. The van der Waals surface area contributed by atoms with Gasteiger partial charge in [0.2, 0.25) is 5.88 Å². The monoisotopic (exact) mass is 504 g/mol. The third-order valence-electron chi connectivity index (χ3n) is 5.77. The minimum atomic E-state index is -0.514. The van der Waals surface area contributed by atoms with Crippen molar-refractivity contribution in [2.24, 2.45) is 0 Å². The van der Waals surface area contributed by atoms with E-state index in [-0.39, 0.29) is 16.7 Å². The molecule has 0 aliphatic rings. The maximum Gasteiger partial charge on any atom is 0.215 e. The maximum absolute atomic E-state index is 13.5. The van der Waals surface area contributed by atoms with Gasteiger partial charge < -0.3 is 20.0 Å². The first-order chi connectivity index (χ1) is 17.5. The van der Waals surface area contributed by atoms with Crippen molar-refractivity contribution < 1.29 is 13.6 Å². The number of imidazole rings is 1. The van der Waals surface area contributed by atoms with Crippen molar-refractivity contribution in [3.8, 4) is 11.3 Å². The van der Waals surface area contributed by atoms with Gasteiger partial charge in [0.1, 0.15) is 22.9 Å². The Bertz CT molecular complexity index is 1530. The number of carbonyl (C=O) groups is 1. The first-order valence-corrected chi connectivity index (χ1v) is 11.7. The molecule has 4 aromatic heterocycles. The van der Waals surface area contributed by atoms with Crippen LogP contribution in [0, 0.1) is 5.82 Å². The standard InChI is InChI=1S/C26H22ClFN6O2/c27-19-14-17(4-5-20(19)28)33-24-18-7-9-32-23(25(18)36-26(24)29)16-6-8-31-21(13-16)22(35)3-1-2-11-34-12-10-30-15-34/h4-10,12-15,33H,1-3,11,29H2. The van der Waals surface area contributed by atoms with Gasteiger partial charge >= 0.3 is 0 Å². The largest absolute Gasteiger partial charge is 0.436 e. The number of anilines is 3. The van der Waals surface area contributed by atoms with Crippen LogP contribution in [0.3, 0.4) is 0 Å². The molecule has 0 bridgehead atoms. The topological polar surface area (TPSA) is 112 Å². The predicted octanol–water partition coefficient (Wildman–Crippen LogP) is 6.26. The summed E-state index contributed by atoms with van der Waals surface area (Å²) in [5.74, 6) is -0.410. The van der Waals surface area contributed by atoms with Crippen LogP contribution in [-0.2, 0) is 6.54 Å². The molecule has 36 heavy (non-hydrogen) atoms. The molecule has 0 fully saturated rings. The number of carbonyl (C=O) groups excluding carboxylic acids is 1. The van der Waals surface area contributed by atoms with E-state index in [1.165, 1.54) is 12.1 Å². The lowest BCUT2D eigenvalue weighted by atomic mass is 10.1. The van der Waals surface area contributed by atoms with Gasteiger partial charge in [-0.05, 0) is 49.2 Å². The van der Waals surface area contributed by atoms with E-state index in [1.54, 1.807) is 49.2 Å². The van der Waals surface area contributed by atoms with Crippen LogP contribution in [0.4, 0.5) is 21.6 Å². The molecule has 0 radical (unpaired) electrons. The Hall–Kier alpha value is -4.24. The van der Waals surface area contributed by atoms with Gasteiger partial charge in [0.15, 0.2) is 11.4 Å². The molecule has 182 valence electrons. The average molecular weight is 505 g/mol. The number of aryl methyl sites for hydroxylation is 1. The van der Waals surface area contributed by atoms with Crippen LogP contribution in [0.25, 0.3) is 22.2 Å². The number of fused-ring (bicyclic) bond motifs is 1. The van der Waals surface area contributed by atoms with Crippen molar-refractivity contribution >= 4 is 45.6 Å². The molecule has 0 unspecified atom stereocenters. The van der Waals surface area contributed by atoms with Gasteiger partial charge in [-0.2, -0.15) is 0 Å². The molecular formula is C26H22ClFN6O2. The number of nitrogens with zero attached hydrogens (tertiary/aromatic N) is 4. The zero-order valence-electron chi connectivity index (χ0n) is 19.1. The number of nitrogen functional groups attached to an aromatic ring is 1. The SMILES string of the molecule is Nc1oc2c(-c3ccnc(C(=O)CCCCn4ccnc4)c3)nccc2c1Nc1ccc(F)c(Cl)c1. The Balaban J connectivity index is 1.37. The zero-order chi connectivity index (χ0) is 25.1. The lowest BCUT2D eigenvalue weighted by Crippen LogP contribution is -2.03. The molecule has 0 saturated carbocycles. The van der Waals surface area contributed by atoms with Gasteiger partial charge in [-0.3, -0.25) is 14.8 Å². The molecule has 0 spiro atoms. The molecule has 0 aliphatic carbocycles. The molecule has 10 heteroatoms. The lowest BCUT2D eigenvalue weighted by Gasteiger charge is -2.07. The van der Waals surface area contributed by atoms with Crippen LogP contribution in [0.5, 0.6) is 0 Å². The minimum absolute atomic E-state index is 0.00978. The third kappa shape index (κ3) is 4.92. The van der Waals surface area contributed by atoms with E-state index < -0.39 is 5.82 Å². The summed E-state index contributed by atoms with van der Waals surface area (Å²) in [6.45, 7) is 0.813. The summed E-state index contributed by atoms with van der Waals surface area (Å²) in [7, 11) is 0. The molecule has 0 amide bonds. The fourth-order valence-corrected chi connectivity index (χ4v) is 4.13. The van der Waals surface area contributed by atoms with E-state index in [1.807, 2.05) is 10.8 Å². The molecule has 0 atom stereocenters. The van der Waals surface area contributed by atoms with Crippen LogP contribution in [-0.4, -0.2) is 25.3 Å². The summed E-state index contributed by atoms with van der Waals surface area (Å²) in [6.07, 6.45) is 10.6. The van der Waals surface area contributed by atoms with E-state index >= 15 is 0 Å². The number of ketones is 1. The van der Waals surface area contributed by atoms with Crippen molar-refractivity contribution in [3.05, 3.63) is 84.0 Å². The van der Waals surface area contributed by atoms with E-state index in [0.717, 1.165) is 19.4 Å². The normalized spacial score (nSPS) is 11.2. The van der Waals surface area contributed by atoms with Crippen molar-refractivity contribution in [2.75, 3.05) is 11.1 Å². The van der Waals surface area contributed by atoms with Gasteiger partial charge in [0.25, 0.3) is 0 Å². The van der Waals surface area contributed by atoms with Crippen LogP contribution < -0.4 is 11.1 Å². The molecule has 3 N–H and O–H groups in total. The van der Waals surface area contributed by atoms with Crippen LogP contribution in [0.1, 0.15) is 29.8 Å². The number of pyridine rings is 2. The highest BCUT2D eigenvalue weighted by molar-refractivity contribution is 6.31. The first-order valence-electron chi connectivity index (χ1n) is 11.3. The van der Waals surface area contributed by atoms with Crippen LogP contribution in [0.15, 0.2) is 71.9 Å². The van der Waals surface area contributed by atoms with E-state index in [4.69, 9.17) is 21.8 Å². The number of unbranched alkanes of at least 4 members (excludes halogenated alkanes) is 1. The fourth-order valence-electron chi connectivity index (χ4n) is 3.95. The highest BCUT2D eigenvalue weighted by Gasteiger charge is 2.18. The van der Waals surface area contributed by atoms with Crippen molar-refractivity contribution in [1.82, 2.24) is 19.5 Å². The summed E-state index contributed by atoms with van der Waals surface area (Å²) >= 11 is 5.90. The lowest BCUT2D eigenvalue weighted by molar-refractivity contribution is 0.0974. The second-order valence-electron chi connectivity index (χ2n) is 8.24. The van der Waals surface area contributed by atoms with E-state index in [2.05, 4.69) is 20.3 Å². The second kappa shape index (κ2) is 10.2. The number of nitrogens with one attached hydrogen (secondary N) is 1. The van der Waals surface area contributed by atoms with Crippen LogP contribution in [0.2, 0.25) is 5.02 Å². The zero-order valence-corrected chi connectivity index (χ0v) is 19.9. The Labute approximate surface area is 211 Å². The summed E-state index contributed by atoms with van der Waals surface area (Å²) in [5, 5.41) is 3.81. The summed E-state index contributed by atoms with van der Waals surface area (Å²) in [6, 6.07) is 9.53. The minimum Gasteiger partial charge on any atom is -0.436 e. The summed E-state index contributed by atoms with van der Waals surface area (Å²) in [4.78, 5) is 25.5. The predicted molar refractivity (Wildman–Crippen MR) is 137 cm³/mol. The number of nitrogens with two attached hydrogens (primary N) is 1. The number of halogens is 2. The summed E-state index contributed by atoms with van der Waals surface area (Å²) in [5.41, 5.74) is 9.26. The van der Waals surface area contributed by atoms with Crippen molar-refractivity contribution in [2.45, 2.75) is 25.8 Å². The quantitative estimate of drug-likeness (QED) is 0.180. The highest BCUT2D eigenvalue weighted by Crippen LogP contribution is 2.39. The maximum atomic E-state index is 13.5. The van der Waals surface area contributed by atoms with Crippen molar-refractivity contribution in [3.63, 3.8) is 0 Å². The van der Waals surface area contributed by atoms with Gasteiger partial charge in [-0.1, -0.05) is 11.6 Å². The number of rotatable bonds is 9. The van der Waals surface area contributed by atoms with E-state index in [9.17, 15) is 9.18 Å². The van der Waals surface area contributed by atoms with Gasteiger partial charge in [-0.15, -0.1) is 0 Å². The smallest absolute Gasteiger partial charge is 0.215 e. The molecular weight excluding hydrogens is 483 g/mol. The number of hydrogen-bond donors (Lipinski definition) is 2. The van der Waals surface area contributed by atoms with Gasteiger partial charge in [0.05, 0.1) is 16.7 Å². The highest BCUT2D eigenvalue weighted by atomic mass is 35.5. The number of Topliss-reactive ketones (excluding diaryl/α,β-unsaturated/α-hetero) is 1. The number of furan rings is 1. The third-order valence-corrected chi connectivity index (χ3v) is 6.06. The Kier molecular flexibility index (Phi) is 6.64. The molecule has 5 rings (SSSR count). The average Bonchev–Trinajstić information content (AvgIpc) is 3.52. The molecule has 0 saturated heterocycles. The number of benzene rings is 1. The summed E-state index contributed by atoms with van der Waals surface area (Å²) < 4.78 is 21.4. The molecule has 0 aliphatic heterocycles. The molecule has 4 heterocycles. The Morgan fingerprint density at radius 1 is 1.11 bits per heavy atom. The van der Waals surface area contributed by atoms with Gasteiger partial charge in [0, 0.05) is 49.0 Å². The first kappa shape index (κ1) is 23.5. The fraction of sp³-hybridized carbons (Fsp3) is 0.154. The van der Waals surface area contributed by atoms with Crippen LogP contribution >= 0.6 is 11.6 Å². The number of aromatic nitrogens is 4. The molecule has 1 aromatic carbocycles. The number of hydrogen-bond acceptors (Lipinski definition) is 7. The van der Waals surface area contributed by atoms with E-state index in [0.29, 0.717) is 45.7 Å². The Morgan fingerprint density at radius 3 is 2.78 bits per heavy atom. The second-order valence-corrected chi connectivity index (χ2v) is 8.65. The van der Waals surface area contributed by atoms with Crippen molar-refractivity contribution in [1.29, 1.82) is 0 Å². The Morgan fingerprint density at radius 2 is 1.97 bits per heavy atom. The molecule has 5 aromatic rings. The van der Waals surface area contributed by atoms with Gasteiger partial charge in [-0.25, -0.2) is 9.37 Å².